The first-order chi connectivity index (χ1) is 9.58. The van der Waals surface area contributed by atoms with E-state index in [-0.39, 0.29) is 5.91 Å². The lowest BCUT2D eigenvalue weighted by molar-refractivity contribution is 0.102. The molecular formula is C12H13N5O2S. The van der Waals surface area contributed by atoms with Gasteiger partial charge in [0.1, 0.15) is 10.7 Å². The van der Waals surface area contributed by atoms with Gasteiger partial charge >= 0.3 is 6.03 Å². The van der Waals surface area contributed by atoms with E-state index in [0.717, 1.165) is 0 Å². The highest BCUT2D eigenvalue weighted by atomic mass is 32.1. The fraction of sp³-hybridized carbons (Fsp3) is 0.0833. The maximum absolute atomic E-state index is 12.0. The lowest BCUT2D eigenvalue weighted by Gasteiger charge is -2.06. The van der Waals surface area contributed by atoms with Gasteiger partial charge in [0.2, 0.25) is 0 Å². The zero-order chi connectivity index (χ0) is 14.5. The van der Waals surface area contributed by atoms with E-state index in [1.54, 1.807) is 29.6 Å². The summed E-state index contributed by atoms with van der Waals surface area (Å²) in [6, 6.07) is 5.97. The number of carbonyl (C=O) groups is 2. The molecule has 0 aliphatic heterocycles. The smallest absolute Gasteiger partial charge is 0.316 e. The normalized spacial score (nSPS) is 10.1. The lowest BCUT2D eigenvalue weighted by Crippen LogP contribution is -2.19. The minimum atomic E-state index is -0.666. The Morgan fingerprint density at radius 1 is 1.25 bits per heavy atom. The van der Waals surface area contributed by atoms with Crippen molar-refractivity contribution in [1.82, 2.24) is 4.98 Å². The molecule has 0 fully saturated rings. The molecule has 0 atom stereocenters. The zero-order valence-electron chi connectivity index (χ0n) is 10.4. The number of urea groups is 1. The quantitative estimate of drug-likeness (QED) is 0.678. The Kier molecular flexibility index (Phi) is 4.28. The van der Waals surface area contributed by atoms with Gasteiger partial charge < -0.3 is 22.1 Å². The number of benzene rings is 1. The summed E-state index contributed by atoms with van der Waals surface area (Å²) >= 11 is 1.33. The number of hydrogen-bond donors (Lipinski definition) is 4. The summed E-state index contributed by atoms with van der Waals surface area (Å²) in [5.41, 5.74) is 11.8. The van der Waals surface area contributed by atoms with E-state index in [4.69, 9.17) is 11.5 Å². The minimum absolute atomic E-state index is 0.302. The van der Waals surface area contributed by atoms with E-state index in [2.05, 4.69) is 15.6 Å². The van der Waals surface area contributed by atoms with Crippen LogP contribution in [0, 0.1) is 0 Å². The van der Waals surface area contributed by atoms with E-state index in [1.807, 2.05) is 0 Å². The lowest BCUT2D eigenvalue weighted by atomic mass is 10.2. The molecular weight excluding hydrogens is 278 g/mol. The molecule has 0 aliphatic carbocycles. The molecule has 104 valence electrons. The highest BCUT2D eigenvalue weighted by molar-refractivity contribution is 7.09. The molecule has 2 aromatic rings. The Hall–Kier alpha value is -2.45. The predicted octanol–water partition coefficient (Wildman–Crippen LogP) is 1.34. The molecule has 0 saturated heterocycles. The second-order valence-corrected chi connectivity index (χ2v) is 4.80. The molecule has 6 N–H and O–H groups in total. The van der Waals surface area contributed by atoms with Crippen LogP contribution in [0.5, 0.6) is 0 Å². The number of anilines is 2. The van der Waals surface area contributed by atoms with Gasteiger partial charge in [0.25, 0.3) is 5.91 Å². The number of rotatable bonds is 4. The molecule has 2 rings (SSSR count). The molecule has 0 unspecified atom stereocenters. The average Bonchev–Trinajstić information content (AvgIpc) is 2.87. The first kappa shape index (κ1) is 14.0. The molecule has 3 amide bonds. The van der Waals surface area contributed by atoms with Crippen LogP contribution in [0.2, 0.25) is 0 Å². The Balaban J connectivity index is 2.09. The van der Waals surface area contributed by atoms with Gasteiger partial charge in [-0.05, 0) is 18.2 Å². The van der Waals surface area contributed by atoms with Gasteiger partial charge in [-0.15, -0.1) is 11.3 Å². The molecule has 0 bridgehead atoms. The molecule has 7 nitrogen and oxygen atoms in total. The summed E-state index contributed by atoms with van der Waals surface area (Å²) in [5, 5.41) is 7.45. The van der Waals surface area contributed by atoms with Crippen molar-refractivity contribution in [2.45, 2.75) is 6.54 Å². The molecule has 0 radical (unpaired) electrons. The van der Waals surface area contributed by atoms with E-state index in [1.165, 1.54) is 11.3 Å². The number of carbonyl (C=O) groups excluding carboxylic acids is 2. The van der Waals surface area contributed by atoms with Crippen LogP contribution in [0.3, 0.4) is 0 Å². The SMILES string of the molecule is NCc1nc(C(=O)Nc2cccc(NC(N)=O)c2)cs1. The van der Waals surface area contributed by atoms with Crippen LogP contribution >= 0.6 is 11.3 Å². The Morgan fingerprint density at radius 3 is 2.55 bits per heavy atom. The number of nitrogens with two attached hydrogens (primary N) is 2. The molecule has 1 aromatic heterocycles. The van der Waals surface area contributed by atoms with Crippen molar-refractivity contribution >= 4 is 34.6 Å². The maximum Gasteiger partial charge on any atom is 0.316 e. The second-order valence-electron chi connectivity index (χ2n) is 3.85. The fourth-order valence-electron chi connectivity index (χ4n) is 1.52. The van der Waals surface area contributed by atoms with Gasteiger partial charge in [-0.3, -0.25) is 4.79 Å². The Labute approximate surface area is 119 Å². The monoisotopic (exact) mass is 291 g/mol. The van der Waals surface area contributed by atoms with Crippen LogP contribution in [-0.2, 0) is 6.54 Å². The summed E-state index contributed by atoms with van der Waals surface area (Å²) in [6.45, 7) is 0.302. The second kappa shape index (κ2) is 6.13. The summed E-state index contributed by atoms with van der Waals surface area (Å²) in [6.07, 6.45) is 0. The van der Waals surface area contributed by atoms with E-state index in [0.29, 0.717) is 28.6 Å². The number of aromatic nitrogens is 1. The maximum atomic E-state index is 12.0. The van der Waals surface area contributed by atoms with Crippen molar-refractivity contribution in [3.8, 4) is 0 Å². The van der Waals surface area contributed by atoms with Crippen LogP contribution in [-0.4, -0.2) is 16.9 Å². The topological polar surface area (TPSA) is 123 Å². The number of primary amides is 1. The molecule has 0 spiro atoms. The van der Waals surface area contributed by atoms with Crippen LogP contribution in [0.1, 0.15) is 15.5 Å². The van der Waals surface area contributed by atoms with Crippen molar-refractivity contribution in [3.05, 3.63) is 40.3 Å². The Morgan fingerprint density at radius 2 is 1.95 bits per heavy atom. The number of nitrogens with zero attached hydrogens (tertiary/aromatic N) is 1. The van der Waals surface area contributed by atoms with Gasteiger partial charge in [0.05, 0.1) is 0 Å². The molecule has 8 heteroatoms. The largest absolute Gasteiger partial charge is 0.351 e. The fourth-order valence-corrected chi connectivity index (χ4v) is 2.18. The van der Waals surface area contributed by atoms with Crippen LogP contribution in [0.4, 0.5) is 16.2 Å². The first-order valence-electron chi connectivity index (χ1n) is 5.71. The third kappa shape index (κ3) is 3.53. The van der Waals surface area contributed by atoms with Gasteiger partial charge in [0, 0.05) is 23.3 Å². The van der Waals surface area contributed by atoms with Gasteiger partial charge in [-0.1, -0.05) is 6.07 Å². The van der Waals surface area contributed by atoms with Gasteiger partial charge in [0.15, 0.2) is 0 Å². The summed E-state index contributed by atoms with van der Waals surface area (Å²) in [7, 11) is 0. The number of nitrogens with one attached hydrogen (secondary N) is 2. The molecule has 0 aliphatic rings. The average molecular weight is 291 g/mol. The Bertz CT molecular complexity index is 640. The third-order valence-corrected chi connectivity index (χ3v) is 3.22. The summed E-state index contributed by atoms with van der Waals surface area (Å²) < 4.78 is 0. The van der Waals surface area contributed by atoms with E-state index in [9.17, 15) is 9.59 Å². The third-order valence-electron chi connectivity index (χ3n) is 2.35. The van der Waals surface area contributed by atoms with Crippen LogP contribution < -0.4 is 22.1 Å². The minimum Gasteiger partial charge on any atom is -0.351 e. The highest BCUT2D eigenvalue weighted by Gasteiger charge is 2.10. The van der Waals surface area contributed by atoms with Gasteiger partial charge in [-0.2, -0.15) is 0 Å². The van der Waals surface area contributed by atoms with Crippen LogP contribution in [0.15, 0.2) is 29.6 Å². The number of amides is 3. The number of thiazole rings is 1. The molecule has 0 saturated carbocycles. The zero-order valence-corrected chi connectivity index (χ0v) is 11.2. The summed E-state index contributed by atoms with van der Waals surface area (Å²) in [4.78, 5) is 26.8. The van der Waals surface area contributed by atoms with Crippen molar-refractivity contribution in [2.75, 3.05) is 10.6 Å². The number of hydrogen-bond acceptors (Lipinski definition) is 5. The van der Waals surface area contributed by atoms with Gasteiger partial charge in [-0.25, -0.2) is 9.78 Å². The van der Waals surface area contributed by atoms with E-state index < -0.39 is 6.03 Å². The first-order valence-corrected chi connectivity index (χ1v) is 6.59. The van der Waals surface area contributed by atoms with Crippen LogP contribution in [0.25, 0.3) is 0 Å². The van der Waals surface area contributed by atoms with Crippen molar-refractivity contribution in [2.24, 2.45) is 11.5 Å². The highest BCUT2D eigenvalue weighted by Crippen LogP contribution is 2.16. The standard InChI is InChI=1S/C12H13N5O2S/c13-5-10-17-9(6-20-10)11(18)15-7-2-1-3-8(4-7)16-12(14)19/h1-4,6H,5,13H2,(H,15,18)(H3,14,16,19). The molecule has 20 heavy (non-hydrogen) atoms. The van der Waals surface area contributed by atoms with Crippen molar-refractivity contribution in [3.63, 3.8) is 0 Å². The predicted molar refractivity (Wildman–Crippen MR) is 77.6 cm³/mol. The van der Waals surface area contributed by atoms with Crippen molar-refractivity contribution in [1.29, 1.82) is 0 Å². The molecule has 1 aromatic carbocycles. The van der Waals surface area contributed by atoms with Crippen molar-refractivity contribution < 1.29 is 9.59 Å². The summed E-state index contributed by atoms with van der Waals surface area (Å²) in [5.74, 6) is -0.336. The molecule has 1 heterocycles. The van der Waals surface area contributed by atoms with E-state index >= 15 is 0 Å².